The summed E-state index contributed by atoms with van der Waals surface area (Å²) in [5.41, 5.74) is 1.73. The van der Waals surface area contributed by atoms with E-state index >= 15 is 0 Å². The average Bonchev–Trinajstić information content (AvgIpc) is 2.80. The first kappa shape index (κ1) is 22.0. The monoisotopic (exact) mass is 513 g/mol. The van der Waals surface area contributed by atoms with Gasteiger partial charge in [0.05, 0.1) is 12.5 Å². The lowest BCUT2D eigenvalue weighted by atomic mass is 9.75. The van der Waals surface area contributed by atoms with E-state index in [2.05, 4.69) is 27.9 Å². The van der Waals surface area contributed by atoms with E-state index in [1.165, 1.54) is 7.11 Å². The minimum atomic E-state index is -0.960. The van der Waals surface area contributed by atoms with Gasteiger partial charge in [0.15, 0.2) is 0 Å². The van der Waals surface area contributed by atoms with E-state index < -0.39 is 17.4 Å². The minimum absolute atomic E-state index is 0.249. The van der Waals surface area contributed by atoms with E-state index in [1.54, 1.807) is 0 Å². The number of rotatable bonds is 7. The summed E-state index contributed by atoms with van der Waals surface area (Å²) >= 11 is 2.23. The highest BCUT2D eigenvalue weighted by Gasteiger charge is 2.39. The number of carbonyl (C=O) groups excluding carboxylic acids is 2. The summed E-state index contributed by atoms with van der Waals surface area (Å²) in [5.74, 6) is -0.715. The van der Waals surface area contributed by atoms with Crippen molar-refractivity contribution in [2.75, 3.05) is 7.11 Å². The van der Waals surface area contributed by atoms with E-state index in [1.807, 2.05) is 91.9 Å². The molecule has 1 atom stereocenters. The first-order valence-corrected chi connectivity index (χ1v) is 10.8. The number of carbonyl (C=O) groups is 2. The van der Waals surface area contributed by atoms with Gasteiger partial charge in [0, 0.05) is 9.99 Å². The Morgan fingerprint density at radius 3 is 1.90 bits per heavy atom. The zero-order valence-electron chi connectivity index (χ0n) is 17.0. The molecule has 154 valence electrons. The van der Waals surface area contributed by atoms with Gasteiger partial charge in [-0.25, -0.2) is 4.79 Å². The normalized spacial score (nSPS) is 12.1. The molecule has 0 radical (unpaired) electrons. The second-order valence-electron chi connectivity index (χ2n) is 7.20. The number of esters is 1. The van der Waals surface area contributed by atoms with Gasteiger partial charge in [0.2, 0.25) is 5.91 Å². The fraction of sp³-hybridized carbons (Fsp3) is 0.200. The van der Waals surface area contributed by atoms with E-state index in [0.29, 0.717) is 6.42 Å². The van der Waals surface area contributed by atoms with Gasteiger partial charge in [-0.15, -0.1) is 0 Å². The van der Waals surface area contributed by atoms with E-state index in [-0.39, 0.29) is 5.91 Å². The number of benzene rings is 3. The largest absolute Gasteiger partial charge is 0.467 e. The first-order valence-electron chi connectivity index (χ1n) is 9.70. The third-order valence-electron chi connectivity index (χ3n) is 5.33. The Kier molecular flexibility index (Phi) is 7.26. The Balaban J connectivity index is 1.97. The number of nitrogens with one attached hydrogen (secondary N) is 1. The van der Waals surface area contributed by atoms with E-state index in [4.69, 9.17) is 4.74 Å². The molecule has 0 spiro atoms. The van der Waals surface area contributed by atoms with Crippen LogP contribution in [0, 0.1) is 3.57 Å². The van der Waals surface area contributed by atoms with Gasteiger partial charge in [0.1, 0.15) is 6.04 Å². The molecule has 0 aromatic heterocycles. The molecular formula is C25H24INO3. The maximum absolute atomic E-state index is 13.7. The molecule has 0 saturated carbocycles. The molecule has 4 nitrogen and oxygen atoms in total. The molecular weight excluding hydrogens is 489 g/mol. The fourth-order valence-corrected chi connectivity index (χ4v) is 4.10. The molecule has 5 heteroatoms. The van der Waals surface area contributed by atoms with Crippen molar-refractivity contribution in [2.24, 2.45) is 0 Å². The van der Waals surface area contributed by atoms with Crippen LogP contribution in [0.3, 0.4) is 0 Å². The summed E-state index contributed by atoms with van der Waals surface area (Å²) < 4.78 is 6.03. The zero-order chi connectivity index (χ0) is 21.6. The van der Waals surface area contributed by atoms with Gasteiger partial charge in [-0.1, -0.05) is 78.9 Å². The SMILES string of the molecule is COC(=O)[C@@H](Cc1ccccc1I)NC(=O)C(C)(c1ccccc1)c1ccccc1. The quantitative estimate of drug-likeness (QED) is 0.374. The van der Waals surface area contributed by atoms with Crippen molar-refractivity contribution in [1.29, 1.82) is 0 Å². The lowest BCUT2D eigenvalue weighted by Gasteiger charge is -2.31. The Morgan fingerprint density at radius 1 is 0.900 bits per heavy atom. The molecule has 3 rings (SSSR count). The van der Waals surface area contributed by atoms with Crippen LogP contribution in [0.15, 0.2) is 84.9 Å². The predicted molar refractivity (Wildman–Crippen MR) is 126 cm³/mol. The van der Waals surface area contributed by atoms with Crippen LogP contribution in [-0.2, 0) is 26.2 Å². The van der Waals surface area contributed by atoms with Gasteiger partial charge in [-0.3, -0.25) is 4.79 Å². The molecule has 0 aliphatic carbocycles. The lowest BCUT2D eigenvalue weighted by Crippen LogP contribution is -2.51. The van der Waals surface area contributed by atoms with Gasteiger partial charge in [-0.05, 0) is 52.3 Å². The van der Waals surface area contributed by atoms with Gasteiger partial charge >= 0.3 is 5.97 Å². The van der Waals surface area contributed by atoms with Gasteiger partial charge < -0.3 is 10.1 Å². The molecule has 1 amide bonds. The van der Waals surface area contributed by atoms with E-state index in [9.17, 15) is 9.59 Å². The molecule has 0 heterocycles. The topological polar surface area (TPSA) is 55.4 Å². The predicted octanol–water partition coefficient (Wildman–Crippen LogP) is 4.50. The second-order valence-corrected chi connectivity index (χ2v) is 8.36. The summed E-state index contributed by atoms with van der Waals surface area (Å²) in [6.45, 7) is 1.88. The molecule has 30 heavy (non-hydrogen) atoms. The van der Waals surface area contributed by atoms with Crippen molar-refractivity contribution in [2.45, 2.75) is 24.8 Å². The van der Waals surface area contributed by atoms with Crippen LogP contribution in [0.4, 0.5) is 0 Å². The standard InChI is InChI=1S/C25H24INO3/c1-25(19-12-5-3-6-13-19,20-14-7-4-8-15-20)24(29)27-22(23(28)30-2)17-18-11-9-10-16-21(18)26/h3-16,22H,17H2,1-2H3,(H,27,29)/t22-/m1/s1. The van der Waals surface area contributed by atoms with Crippen LogP contribution >= 0.6 is 22.6 Å². The molecule has 1 N–H and O–H groups in total. The summed E-state index contributed by atoms with van der Waals surface area (Å²) in [7, 11) is 1.34. The number of hydrogen-bond acceptors (Lipinski definition) is 3. The van der Waals surface area contributed by atoms with Crippen LogP contribution in [-0.4, -0.2) is 25.0 Å². The van der Waals surface area contributed by atoms with E-state index in [0.717, 1.165) is 20.3 Å². The molecule has 0 bridgehead atoms. The number of ether oxygens (including phenoxy) is 1. The Hall–Kier alpha value is -2.67. The Morgan fingerprint density at radius 2 is 1.40 bits per heavy atom. The number of methoxy groups -OCH3 is 1. The molecule has 0 saturated heterocycles. The first-order chi connectivity index (χ1) is 14.5. The van der Waals surface area contributed by atoms with Crippen molar-refractivity contribution in [3.05, 3.63) is 105 Å². The van der Waals surface area contributed by atoms with Crippen molar-refractivity contribution in [3.8, 4) is 0 Å². The van der Waals surface area contributed by atoms with Gasteiger partial charge in [0.25, 0.3) is 0 Å². The summed E-state index contributed by atoms with van der Waals surface area (Å²) in [6, 6.07) is 26.2. The third-order valence-corrected chi connectivity index (χ3v) is 6.38. The van der Waals surface area contributed by atoms with Crippen molar-refractivity contribution in [3.63, 3.8) is 0 Å². The molecule has 0 unspecified atom stereocenters. The highest BCUT2D eigenvalue weighted by Crippen LogP contribution is 2.32. The molecule has 0 aliphatic heterocycles. The van der Waals surface area contributed by atoms with Crippen molar-refractivity contribution >= 4 is 34.5 Å². The molecule has 3 aromatic carbocycles. The van der Waals surface area contributed by atoms with Crippen molar-refractivity contribution in [1.82, 2.24) is 5.32 Å². The summed E-state index contributed by atoms with van der Waals surface area (Å²) in [4.78, 5) is 26.2. The van der Waals surface area contributed by atoms with Crippen LogP contribution in [0.25, 0.3) is 0 Å². The summed E-state index contributed by atoms with van der Waals surface area (Å²) in [5, 5.41) is 2.96. The highest BCUT2D eigenvalue weighted by atomic mass is 127. The van der Waals surface area contributed by atoms with Gasteiger partial charge in [-0.2, -0.15) is 0 Å². The maximum atomic E-state index is 13.7. The minimum Gasteiger partial charge on any atom is -0.467 e. The molecule has 0 fully saturated rings. The smallest absolute Gasteiger partial charge is 0.328 e. The fourth-order valence-electron chi connectivity index (χ4n) is 3.49. The van der Waals surface area contributed by atoms with Crippen LogP contribution in [0.2, 0.25) is 0 Å². The molecule has 0 aliphatic rings. The number of hydrogen-bond donors (Lipinski definition) is 1. The zero-order valence-corrected chi connectivity index (χ0v) is 19.1. The second kappa shape index (κ2) is 9.89. The van der Waals surface area contributed by atoms with Crippen LogP contribution < -0.4 is 5.32 Å². The van der Waals surface area contributed by atoms with Crippen LogP contribution in [0.5, 0.6) is 0 Å². The maximum Gasteiger partial charge on any atom is 0.328 e. The van der Waals surface area contributed by atoms with Crippen molar-refractivity contribution < 1.29 is 14.3 Å². The number of halogens is 1. The lowest BCUT2D eigenvalue weighted by molar-refractivity contribution is -0.145. The Labute approximate surface area is 190 Å². The average molecular weight is 513 g/mol. The third kappa shape index (κ3) is 4.73. The molecule has 3 aromatic rings. The number of amides is 1. The summed E-state index contributed by atoms with van der Waals surface area (Å²) in [6.07, 6.45) is 0.358. The Bertz CT molecular complexity index is 966. The highest BCUT2D eigenvalue weighted by molar-refractivity contribution is 14.1. The van der Waals surface area contributed by atoms with Crippen LogP contribution in [0.1, 0.15) is 23.6 Å².